The summed E-state index contributed by atoms with van der Waals surface area (Å²) in [5.41, 5.74) is 1.87. The third-order valence-corrected chi connectivity index (χ3v) is 5.21. The summed E-state index contributed by atoms with van der Waals surface area (Å²) in [5, 5.41) is 6.58. The fraction of sp³-hybridized carbons (Fsp3) is 0.435. The van der Waals surface area contributed by atoms with Crippen LogP contribution in [0, 0.1) is 5.92 Å². The molecule has 156 valence electrons. The van der Waals surface area contributed by atoms with E-state index in [0.717, 1.165) is 5.75 Å². The number of nitrogens with one attached hydrogen (secondary N) is 2. The molecule has 2 N–H and O–H groups in total. The first-order valence-corrected chi connectivity index (χ1v) is 9.96. The van der Waals surface area contributed by atoms with Gasteiger partial charge in [0.15, 0.2) is 0 Å². The maximum atomic E-state index is 12.6. The molecule has 1 amide bonds. The smallest absolute Gasteiger partial charge is 0.226 e. The number of methoxy groups -OCH3 is 3. The summed E-state index contributed by atoms with van der Waals surface area (Å²) in [5.74, 6) is 2.67. The summed E-state index contributed by atoms with van der Waals surface area (Å²) < 4.78 is 15.8. The Balaban J connectivity index is 1.60. The topological polar surface area (TPSA) is 68.8 Å². The highest BCUT2D eigenvalue weighted by Crippen LogP contribution is 2.41. The average Bonchev–Trinajstić information content (AvgIpc) is 3.57. The van der Waals surface area contributed by atoms with Crippen LogP contribution >= 0.6 is 0 Å². The van der Waals surface area contributed by atoms with Crippen LogP contribution in [0.15, 0.2) is 42.5 Å². The molecule has 29 heavy (non-hydrogen) atoms. The van der Waals surface area contributed by atoms with Gasteiger partial charge >= 0.3 is 0 Å². The van der Waals surface area contributed by atoms with E-state index in [1.807, 2.05) is 19.1 Å². The molecule has 6 heteroatoms. The van der Waals surface area contributed by atoms with Gasteiger partial charge in [-0.3, -0.25) is 4.79 Å². The molecule has 0 bridgehead atoms. The van der Waals surface area contributed by atoms with Crippen LogP contribution in [0.4, 0.5) is 5.69 Å². The lowest BCUT2D eigenvalue weighted by Crippen LogP contribution is -2.34. The fourth-order valence-electron chi connectivity index (χ4n) is 3.49. The molecule has 2 atom stereocenters. The van der Waals surface area contributed by atoms with E-state index in [2.05, 4.69) is 22.8 Å². The molecule has 0 spiro atoms. The van der Waals surface area contributed by atoms with Gasteiger partial charge in [0.25, 0.3) is 0 Å². The van der Waals surface area contributed by atoms with E-state index >= 15 is 0 Å². The number of anilines is 1. The summed E-state index contributed by atoms with van der Waals surface area (Å²) >= 11 is 0. The van der Waals surface area contributed by atoms with Crippen molar-refractivity contribution in [2.45, 2.75) is 38.3 Å². The zero-order chi connectivity index (χ0) is 20.8. The standard InChI is InChI=1S/C23H30N2O4/c1-15(13-22(26)25-20-12-11-19(28-3)14-21(20)29-4)24-23(16-5-6-16)17-7-9-18(27-2)10-8-17/h7-12,14-16,23-24H,5-6,13H2,1-4H3,(H,25,26). The van der Waals surface area contributed by atoms with Crippen molar-refractivity contribution in [3.05, 3.63) is 48.0 Å². The van der Waals surface area contributed by atoms with Gasteiger partial charge in [0.1, 0.15) is 17.2 Å². The highest BCUT2D eigenvalue weighted by molar-refractivity contribution is 5.92. The molecule has 2 unspecified atom stereocenters. The Morgan fingerprint density at radius 1 is 1.00 bits per heavy atom. The molecule has 1 saturated carbocycles. The molecule has 0 aliphatic heterocycles. The average molecular weight is 399 g/mol. The predicted octanol–water partition coefficient (Wildman–Crippen LogP) is 4.17. The Morgan fingerprint density at radius 3 is 2.24 bits per heavy atom. The van der Waals surface area contributed by atoms with Crippen LogP contribution in [0.2, 0.25) is 0 Å². The van der Waals surface area contributed by atoms with E-state index in [4.69, 9.17) is 14.2 Å². The van der Waals surface area contributed by atoms with Crippen molar-refractivity contribution >= 4 is 11.6 Å². The Morgan fingerprint density at radius 2 is 1.66 bits per heavy atom. The van der Waals surface area contributed by atoms with E-state index in [0.29, 0.717) is 29.5 Å². The van der Waals surface area contributed by atoms with Crippen molar-refractivity contribution in [1.82, 2.24) is 5.32 Å². The van der Waals surface area contributed by atoms with Crippen molar-refractivity contribution in [1.29, 1.82) is 0 Å². The van der Waals surface area contributed by atoms with Crippen LogP contribution < -0.4 is 24.8 Å². The molecular formula is C23H30N2O4. The van der Waals surface area contributed by atoms with Crippen molar-refractivity contribution in [2.75, 3.05) is 26.6 Å². The lowest BCUT2D eigenvalue weighted by atomic mass is 10.0. The number of ether oxygens (including phenoxy) is 3. The first-order chi connectivity index (χ1) is 14.0. The minimum atomic E-state index is -0.0576. The monoisotopic (exact) mass is 398 g/mol. The molecule has 0 radical (unpaired) electrons. The Labute approximate surface area is 172 Å². The van der Waals surface area contributed by atoms with Crippen molar-refractivity contribution in [3.8, 4) is 17.2 Å². The summed E-state index contributed by atoms with van der Waals surface area (Å²) in [4.78, 5) is 12.6. The van der Waals surface area contributed by atoms with Crippen LogP contribution in [0.5, 0.6) is 17.2 Å². The molecule has 0 saturated heterocycles. The SMILES string of the molecule is COc1ccc(C(NC(C)CC(=O)Nc2ccc(OC)cc2OC)C2CC2)cc1. The first-order valence-electron chi connectivity index (χ1n) is 9.96. The Bertz CT molecular complexity index is 818. The van der Waals surface area contributed by atoms with Gasteiger partial charge in [-0.05, 0) is 55.5 Å². The van der Waals surface area contributed by atoms with Crippen molar-refractivity contribution < 1.29 is 19.0 Å². The number of hydrogen-bond donors (Lipinski definition) is 2. The van der Waals surface area contributed by atoms with Crippen LogP contribution in [0.25, 0.3) is 0 Å². The van der Waals surface area contributed by atoms with Crippen LogP contribution in [0.3, 0.4) is 0 Å². The predicted molar refractivity (Wildman–Crippen MR) is 114 cm³/mol. The molecule has 2 aromatic rings. The minimum Gasteiger partial charge on any atom is -0.497 e. The lowest BCUT2D eigenvalue weighted by Gasteiger charge is -2.24. The number of hydrogen-bond acceptors (Lipinski definition) is 5. The van der Waals surface area contributed by atoms with Gasteiger partial charge in [-0.25, -0.2) is 0 Å². The Kier molecular flexibility index (Phi) is 6.99. The maximum Gasteiger partial charge on any atom is 0.226 e. The normalized spacial score (nSPS) is 15.3. The number of amides is 1. The largest absolute Gasteiger partial charge is 0.497 e. The van der Waals surface area contributed by atoms with Crippen LogP contribution in [-0.4, -0.2) is 33.3 Å². The lowest BCUT2D eigenvalue weighted by molar-refractivity contribution is -0.116. The van der Waals surface area contributed by atoms with Crippen LogP contribution in [0.1, 0.15) is 37.8 Å². The van der Waals surface area contributed by atoms with E-state index in [1.54, 1.807) is 39.5 Å². The van der Waals surface area contributed by atoms with Gasteiger partial charge in [0.05, 0.1) is 27.0 Å². The zero-order valence-electron chi connectivity index (χ0n) is 17.5. The molecule has 0 heterocycles. The van der Waals surface area contributed by atoms with Gasteiger partial charge < -0.3 is 24.8 Å². The van der Waals surface area contributed by atoms with Crippen molar-refractivity contribution in [3.63, 3.8) is 0 Å². The highest BCUT2D eigenvalue weighted by atomic mass is 16.5. The molecule has 1 aliphatic rings. The molecule has 3 rings (SSSR count). The van der Waals surface area contributed by atoms with Gasteiger partial charge in [0, 0.05) is 24.6 Å². The summed E-state index contributed by atoms with van der Waals surface area (Å²) in [7, 11) is 4.84. The van der Waals surface area contributed by atoms with E-state index in [1.165, 1.54) is 18.4 Å². The molecule has 2 aromatic carbocycles. The minimum absolute atomic E-state index is 0.0342. The zero-order valence-corrected chi connectivity index (χ0v) is 17.5. The summed E-state index contributed by atoms with van der Waals surface area (Å²) in [6.45, 7) is 2.05. The highest BCUT2D eigenvalue weighted by Gasteiger charge is 2.33. The number of rotatable bonds is 10. The van der Waals surface area contributed by atoms with Crippen LogP contribution in [-0.2, 0) is 4.79 Å². The Hall–Kier alpha value is -2.73. The quantitative estimate of drug-likeness (QED) is 0.629. The van der Waals surface area contributed by atoms with Gasteiger partial charge in [-0.2, -0.15) is 0 Å². The first kappa shape index (κ1) is 21.0. The summed E-state index contributed by atoms with van der Waals surface area (Å²) in [6.07, 6.45) is 2.80. The molecule has 1 aliphatic carbocycles. The maximum absolute atomic E-state index is 12.6. The third kappa shape index (κ3) is 5.64. The van der Waals surface area contributed by atoms with E-state index in [-0.39, 0.29) is 18.0 Å². The second-order valence-corrected chi connectivity index (χ2v) is 7.47. The van der Waals surface area contributed by atoms with Gasteiger partial charge in [0.2, 0.25) is 5.91 Å². The third-order valence-electron chi connectivity index (χ3n) is 5.21. The van der Waals surface area contributed by atoms with Crippen molar-refractivity contribution in [2.24, 2.45) is 5.92 Å². The van der Waals surface area contributed by atoms with Gasteiger partial charge in [-0.15, -0.1) is 0 Å². The van der Waals surface area contributed by atoms with E-state index < -0.39 is 0 Å². The van der Waals surface area contributed by atoms with E-state index in [9.17, 15) is 4.79 Å². The molecule has 0 aromatic heterocycles. The molecule has 1 fully saturated rings. The number of carbonyl (C=O) groups is 1. The molecular weight excluding hydrogens is 368 g/mol. The van der Waals surface area contributed by atoms with Gasteiger partial charge in [-0.1, -0.05) is 12.1 Å². The second-order valence-electron chi connectivity index (χ2n) is 7.47. The second kappa shape index (κ2) is 9.65. The fourth-order valence-corrected chi connectivity index (χ4v) is 3.49. The molecule has 6 nitrogen and oxygen atoms in total. The number of carbonyl (C=O) groups excluding carboxylic acids is 1. The summed E-state index contributed by atoms with van der Waals surface area (Å²) in [6, 6.07) is 13.8. The number of benzene rings is 2.